The van der Waals surface area contributed by atoms with Crippen LogP contribution < -0.4 is 5.32 Å². The molecule has 14 heteroatoms. The van der Waals surface area contributed by atoms with Crippen LogP contribution in [-0.4, -0.2) is 141 Å². The number of likely N-dealkylation sites (N-methyl/N-ethyl adjacent to an activating group) is 2. The first-order valence-electron chi connectivity index (χ1n) is 23.0. The second-order valence-electron chi connectivity index (χ2n) is 19.2. The van der Waals surface area contributed by atoms with Crippen molar-refractivity contribution >= 4 is 35.4 Å². The first-order valence-corrected chi connectivity index (χ1v) is 23.0. The third-order valence-electron chi connectivity index (χ3n) is 12.6. The number of rotatable bonds is 26. The van der Waals surface area contributed by atoms with Crippen LogP contribution in [0.15, 0.2) is 30.3 Å². The molecule has 0 spiro atoms. The van der Waals surface area contributed by atoms with Crippen LogP contribution in [-0.2, 0) is 54.1 Å². The molecule has 1 saturated heterocycles. The smallest absolute Gasteiger partial charge is 0.328 e. The van der Waals surface area contributed by atoms with E-state index in [9.17, 15) is 28.8 Å². The van der Waals surface area contributed by atoms with Gasteiger partial charge in [-0.1, -0.05) is 85.2 Å². The van der Waals surface area contributed by atoms with Crippen LogP contribution in [0.1, 0.15) is 120 Å². The van der Waals surface area contributed by atoms with E-state index >= 15 is 0 Å². The average Bonchev–Trinajstić information content (AvgIpc) is 3.71. The van der Waals surface area contributed by atoms with Crippen molar-refractivity contribution in [1.82, 2.24) is 20.0 Å². The van der Waals surface area contributed by atoms with Crippen molar-refractivity contribution in [2.45, 2.75) is 163 Å². The fourth-order valence-electron chi connectivity index (χ4n) is 9.13. The van der Waals surface area contributed by atoms with Crippen molar-refractivity contribution in [3.8, 4) is 0 Å². The van der Waals surface area contributed by atoms with E-state index in [1.807, 2.05) is 105 Å². The molecule has 1 aromatic carbocycles. The van der Waals surface area contributed by atoms with E-state index in [1.165, 1.54) is 14.2 Å². The highest BCUT2D eigenvalue weighted by Crippen LogP contribution is 2.31. The molecular formula is C49H82N4O10. The number of ketones is 1. The highest BCUT2D eigenvalue weighted by molar-refractivity contribution is 5.90. The van der Waals surface area contributed by atoms with Crippen molar-refractivity contribution in [2.75, 3.05) is 48.5 Å². The number of likely N-dealkylation sites (tertiary alicyclic amines) is 1. The summed E-state index contributed by atoms with van der Waals surface area (Å²) in [7, 11) is 8.00. The van der Waals surface area contributed by atoms with Crippen LogP contribution in [0.2, 0.25) is 0 Å². The summed E-state index contributed by atoms with van der Waals surface area (Å²) >= 11 is 0. The number of carbonyl (C=O) groups is 6. The Morgan fingerprint density at radius 2 is 1.52 bits per heavy atom. The van der Waals surface area contributed by atoms with Gasteiger partial charge in [0.05, 0.1) is 49.8 Å². The number of Topliss-reactive ketones (excluding diaryl/α,β-unsaturated/α-hetero) is 1. The number of benzene rings is 1. The number of hydrogen-bond donors (Lipinski definition) is 1. The van der Waals surface area contributed by atoms with Crippen LogP contribution in [0.5, 0.6) is 0 Å². The van der Waals surface area contributed by atoms with Crippen LogP contribution in [0.25, 0.3) is 0 Å². The van der Waals surface area contributed by atoms with Gasteiger partial charge in [0.1, 0.15) is 11.6 Å². The summed E-state index contributed by atoms with van der Waals surface area (Å²) in [4.78, 5) is 87.4. The molecule has 0 bridgehead atoms. The van der Waals surface area contributed by atoms with Crippen LogP contribution in [0.4, 0.5) is 0 Å². The maximum Gasteiger partial charge on any atom is 0.328 e. The molecule has 1 aliphatic rings. The van der Waals surface area contributed by atoms with E-state index < -0.39 is 59.8 Å². The number of carbonyl (C=O) groups excluding carboxylic acids is 6. The van der Waals surface area contributed by atoms with Gasteiger partial charge in [-0.05, 0) is 76.9 Å². The quantitative estimate of drug-likeness (QED) is 0.107. The van der Waals surface area contributed by atoms with Gasteiger partial charge in [-0.2, -0.15) is 0 Å². The molecule has 0 radical (unpaired) electrons. The fraction of sp³-hybridized carbons (Fsp3) is 0.755. The first-order chi connectivity index (χ1) is 29.5. The Morgan fingerprint density at radius 1 is 0.889 bits per heavy atom. The number of hydrogen-bond acceptors (Lipinski definition) is 11. The van der Waals surface area contributed by atoms with Crippen molar-refractivity contribution < 1.29 is 47.7 Å². The Bertz CT molecular complexity index is 1610. The van der Waals surface area contributed by atoms with E-state index in [1.54, 1.807) is 30.9 Å². The molecule has 3 amide bonds. The molecule has 1 fully saturated rings. The van der Waals surface area contributed by atoms with Gasteiger partial charge in [0.15, 0.2) is 5.78 Å². The lowest BCUT2D eigenvalue weighted by molar-refractivity contribution is -0.155. The number of nitrogens with zero attached hydrogens (tertiary/aromatic N) is 3. The Hall–Kier alpha value is -3.88. The first kappa shape index (κ1) is 55.3. The summed E-state index contributed by atoms with van der Waals surface area (Å²) < 4.78 is 22.5. The third-order valence-corrected chi connectivity index (χ3v) is 12.6. The number of esters is 2. The van der Waals surface area contributed by atoms with Gasteiger partial charge in [0.25, 0.3) is 0 Å². The Kier molecular flexibility index (Phi) is 23.0. The lowest BCUT2D eigenvalue weighted by Crippen LogP contribution is -2.55. The molecule has 14 nitrogen and oxygen atoms in total. The van der Waals surface area contributed by atoms with Gasteiger partial charge in [-0.3, -0.25) is 28.9 Å². The standard InChI is InChI=1S/C49H82N4O10/c1-16-33(6)44(52(12)47(58)36(31(2)3)29-39(54)43(32(4)5)51(11)26-21-25-42(56)63-49(8,9)10)40(60-13)30-41(55)53-27-20-24-38(53)45(61-14)34(7)46(57)50-37(48(59)62-15)28-35-22-18-17-19-23-35/h17-19,22-23,31-34,36-38,40,43-45H,16,20-21,24-30H2,1-15H3,(H,50,57)/t33-,34+,36-,37-,38-,40+,43-,44-,45+/m0/s1. The van der Waals surface area contributed by atoms with E-state index in [0.717, 1.165) is 5.56 Å². The van der Waals surface area contributed by atoms with Gasteiger partial charge >= 0.3 is 11.9 Å². The zero-order valence-electron chi connectivity index (χ0n) is 41.2. The summed E-state index contributed by atoms with van der Waals surface area (Å²) in [6.45, 7) is 20.2. The van der Waals surface area contributed by atoms with Gasteiger partial charge in [0.2, 0.25) is 17.7 Å². The SMILES string of the molecule is CC[C@H](C)[C@@H]([C@@H](CC(=O)N1CCC[C@H]1[C@H](OC)[C@@H](C)C(=O)N[C@@H](Cc1ccccc1)C(=O)OC)OC)N(C)C(=O)[C@@H](CC(=O)[C@H](C(C)C)N(C)CCCC(=O)OC(C)(C)C)C(C)C. The van der Waals surface area contributed by atoms with Crippen LogP contribution in [0.3, 0.4) is 0 Å². The molecule has 63 heavy (non-hydrogen) atoms. The molecule has 1 N–H and O–H groups in total. The van der Waals surface area contributed by atoms with Crippen LogP contribution in [0, 0.1) is 29.6 Å². The zero-order chi connectivity index (χ0) is 47.8. The van der Waals surface area contributed by atoms with Crippen molar-refractivity contribution in [3.63, 3.8) is 0 Å². The third kappa shape index (κ3) is 16.6. The largest absolute Gasteiger partial charge is 0.467 e. The minimum atomic E-state index is -0.903. The van der Waals surface area contributed by atoms with Crippen molar-refractivity contribution in [1.29, 1.82) is 0 Å². The molecule has 9 atom stereocenters. The van der Waals surface area contributed by atoms with Gasteiger partial charge in [-0.25, -0.2) is 4.79 Å². The molecular weight excluding hydrogens is 805 g/mol. The average molecular weight is 887 g/mol. The predicted octanol–water partition coefficient (Wildman–Crippen LogP) is 6.12. The lowest BCUT2D eigenvalue weighted by atomic mass is 9.83. The summed E-state index contributed by atoms with van der Waals surface area (Å²) in [6, 6.07) is 7.13. The number of nitrogens with one attached hydrogen (secondary N) is 1. The fourth-order valence-corrected chi connectivity index (χ4v) is 9.13. The van der Waals surface area contributed by atoms with E-state index in [-0.39, 0.29) is 72.9 Å². The molecule has 1 aromatic rings. The monoisotopic (exact) mass is 887 g/mol. The minimum absolute atomic E-state index is 0.00703. The second kappa shape index (κ2) is 26.2. The zero-order valence-corrected chi connectivity index (χ0v) is 41.2. The normalized spacial score (nSPS) is 18.3. The minimum Gasteiger partial charge on any atom is -0.467 e. The number of amides is 3. The molecule has 358 valence electrons. The summed E-state index contributed by atoms with van der Waals surface area (Å²) in [5, 5.41) is 2.87. The molecule has 0 saturated carbocycles. The second-order valence-corrected chi connectivity index (χ2v) is 19.2. The van der Waals surface area contributed by atoms with Gasteiger partial charge in [-0.15, -0.1) is 0 Å². The Labute approximate surface area is 378 Å². The van der Waals surface area contributed by atoms with Crippen LogP contribution >= 0.6 is 0 Å². The van der Waals surface area contributed by atoms with Gasteiger partial charge < -0.3 is 34.1 Å². The highest BCUT2D eigenvalue weighted by atomic mass is 16.6. The Balaban J connectivity index is 2.26. The molecule has 1 aliphatic heterocycles. The molecule has 0 unspecified atom stereocenters. The lowest BCUT2D eigenvalue weighted by Gasteiger charge is -2.41. The van der Waals surface area contributed by atoms with Crippen molar-refractivity contribution in [2.24, 2.45) is 29.6 Å². The molecule has 2 rings (SSSR count). The molecule has 0 aromatic heterocycles. The molecule has 1 heterocycles. The summed E-state index contributed by atoms with van der Waals surface area (Å²) in [5.41, 5.74) is 0.305. The number of methoxy groups -OCH3 is 3. The molecule has 0 aliphatic carbocycles. The summed E-state index contributed by atoms with van der Waals surface area (Å²) in [6.07, 6.45) is 1.82. The topological polar surface area (TPSA) is 161 Å². The predicted molar refractivity (Wildman–Crippen MR) is 245 cm³/mol. The van der Waals surface area contributed by atoms with Gasteiger partial charge in [0, 0.05) is 53.0 Å². The number of ether oxygens (including phenoxy) is 4. The van der Waals surface area contributed by atoms with E-state index in [2.05, 4.69) is 5.32 Å². The maximum absolute atomic E-state index is 14.6. The highest BCUT2D eigenvalue weighted by Gasteiger charge is 2.43. The Morgan fingerprint density at radius 3 is 2.05 bits per heavy atom. The van der Waals surface area contributed by atoms with E-state index in [4.69, 9.17) is 18.9 Å². The van der Waals surface area contributed by atoms with E-state index in [0.29, 0.717) is 38.8 Å². The maximum atomic E-state index is 14.6. The van der Waals surface area contributed by atoms with Crippen molar-refractivity contribution in [3.05, 3.63) is 35.9 Å². The summed E-state index contributed by atoms with van der Waals surface area (Å²) in [5.74, 6) is -3.14.